The van der Waals surface area contributed by atoms with E-state index in [1.54, 1.807) is 0 Å². The van der Waals surface area contributed by atoms with Crippen LogP contribution >= 0.6 is 7.60 Å². The van der Waals surface area contributed by atoms with Crippen molar-refractivity contribution in [1.29, 1.82) is 0 Å². The van der Waals surface area contributed by atoms with Crippen LogP contribution in [0.5, 0.6) is 11.5 Å². The zero-order valence-corrected chi connectivity index (χ0v) is 35.7. The smallest absolute Gasteiger partial charge is 0.550 e. The van der Waals surface area contributed by atoms with Gasteiger partial charge in [-0.25, -0.2) is 4.57 Å². The molecule has 1 heterocycles. The fraction of sp³-hybridized carbons (Fsp3) is 0.681. The zero-order chi connectivity index (χ0) is 37.7. The summed E-state index contributed by atoms with van der Waals surface area (Å²) < 4.78 is 29.1. The fourth-order valence-corrected chi connectivity index (χ4v) is 11.3. The minimum atomic E-state index is -3.52. The third-order valence-corrected chi connectivity index (χ3v) is 14.4. The molecular formula is C47H70LiO5P. The number of fused-ring (bicyclic) bond motifs is 2. The molecule has 2 aliphatic carbocycles. The van der Waals surface area contributed by atoms with Crippen LogP contribution in [0.25, 0.3) is 0 Å². The summed E-state index contributed by atoms with van der Waals surface area (Å²) in [6, 6.07) is 9.22. The normalized spacial score (nSPS) is 18.7. The van der Waals surface area contributed by atoms with E-state index in [-0.39, 0.29) is 36.1 Å². The number of carboxylic acids is 1. The van der Waals surface area contributed by atoms with Gasteiger partial charge in [0.2, 0.25) is 0 Å². The van der Waals surface area contributed by atoms with Gasteiger partial charge in [0.25, 0.3) is 0 Å². The van der Waals surface area contributed by atoms with Crippen LogP contribution in [0.15, 0.2) is 36.4 Å². The van der Waals surface area contributed by atoms with Crippen LogP contribution < -0.4 is 33.0 Å². The number of aryl methyl sites for hydroxylation is 2. The van der Waals surface area contributed by atoms with Gasteiger partial charge in [0.05, 0.1) is 6.16 Å². The van der Waals surface area contributed by atoms with Crippen molar-refractivity contribution in [3.63, 3.8) is 0 Å². The van der Waals surface area contributed by atoms with E-state index in [1.165, 1.54) is 104 Å². The van der Waals surface area contributed by atoms with Crippen LogP contribution in [0.1, 0.15) is 201 Å². The summed E-state index contributed by atoms with van der Waals surface area (Å²) in [7, 11) is -3.52. The molecule has 0 spiro atoms. The van der Waals surface area contributed by atoms with Crippen molar-refractivity contribution in [2.75, 3.05) is 6.16 Å². The van der Waals surface area contributed by atoms with Crippen molar-refractivity contribution in [3.05, 3.63) is 69.8 Å². The number of hydrogen-bond acceptors (Lipinski definition) is 5. The second-order valence-electron chi connectivity index (χ2n) is 17.6. The molecule has 5 rings (SSSR count). The number of carbonyl (C=O) groups excluding carboxylic acids is 1. The van der Waals surface area contributed by atoms with Gasteiger partial charge < -0.3 is 18.9 Å². The number of carbonyl (C=O) groups is 1. The van der Waals surface area contributed by atoms with Crippen molar-refractivity contribution in [2.45, 2.75) is 199 Å². The van der Waals surface area contributed by atoms with Gasteiger partial charge in [0.1, 0.15) is 11.5 Å². The Morgan fingerprint density at radius 2 is 1.06 bits per heavy atom. The first-order valence-corrected chi connectivity index (χ1v) is 23.3. The zero-order valence-electron chi connectivity index (χ0n) is 34.8. The Labute approximate surface area is 340 Å². The van der Waals surface area contributed by atoms with Crippen LogP contribution in [-0.4, -0.2) is 12.1 Å². The van der Waals surface area contributed by atoms with Crippen LogP contribution in [0.3, 0.4) is 0 Å². The molecule has 294 valence electrons. The third kappa shape index (κ3) is 12.8. The summed E-state index contributed by atoms with van der Waals surface area (Å²) >= 11 is 0. The Bertz CT molecular complexity index is 1480. The number of benzene rings is 2. The number of aliphatic carboxylic acids is 1. The Balaban J connectivity index is 0.00000650. The van der Waals surface area contributed by atoms with Crippen molar-refractivity contribution in [1.82, 2.24) is 0 Å². The van der Waals surface area contributed by atoms with Gasteiger partial charge in [-0.1, -0.05) is 145 Å². The average Bonchev–Trinajstić information content (AvgIpc) is 3.11. The monoisotopic (exact) mass is 753 g/mol. The van der Waals surface area contributed by atoms with E-state index in [9.17, 15) is 9.90 Å². The van der Waals surface area contributed by atoms with Crippen molar-refractivity contribution in [2.24, 2.45) is 0 Å². The molecule has 2 aromatic carbocycles. The van der Waals surface area contributed by atoms with E-state index in [0.29, 0.717) is 6.16 Å². The summed E-state index contributed by atoms with van der Waals surface area (Å²) in [5.74, 6) is 0.766. The van der Waals surface area contributed by atoms with Crippen LogP contribution in [-0.2, 0) is 26.6 Å². The Morgan fingerprint density at radius 3 is 1.50 bits per heavy atom. The standard InChI is InChI=1S/C47H71O5P.Li/c1-37-32-39-36-40-33-38(2)35-42(47(4)29-23-19-24-30-47)45(40)52-53(50,51-44(39)41(34-37)46(3)27-21-18-22-28-46)31-25-17-15-13-11-9-7-5-6-8-10-12-14-16-20-26-43(48)49;/h5-6,32-35H,7-31,36H2,1-4H3,(H,48,49);/q;+1/p-1/b6-5-;. The molecule has 0 bridgehead atoms. The Kier molecular flexibility index (Phi) is 17.9. The number of rotatable bonds is 19. The number of allylic oxidation sites excluding steroid dienone is 2. The molecule has 2 aromatic rings. The predicted molar refractivity (Wildman–Crippen MR) is 219 cm³/mol. The molecule has 54 heavy (non-hydrogen) atoms. The van der Waals surface area contributed by atoms with Gasteiger partial charge in [-0.2, -0.15) is 0 Å². The first kappa shape index (κ1) is 44.8. The van der Waals surface area contributed by atoms with Gasteiger partial charge in [0.15, 0.2) is 0 Å². The van der Waals surface area contributed by atoms with Gasteiger partial charge >= 0.3 is 26.5 Å². The molecule has 2 saturated carbocycles. The maximum Gasteiger partial charge on any atom is 1.00 e. The first-order chi connectivity index (χ1) is 25.5. The van der Waals surface area contributed by atoms with Crippen LogP contribution in [0.2, 0.25) is 0 Å². The maximum atomic E-state index is 15.3. The number of unbranched alkanes of at least 4 members (excludes halogenated alkanes) is 11. The summed E-state index contributed by atoms with van der Waals surface area (Å²) in [5.41, 5.74) is 7.38. The minimum Gasteiger partial charge on any atom is -0.550 e. The molecule has 5 nitrogen and oxygen atoms in total. The largest absolute Gasteiger partial charge is 1.00 e. The van der Waals surface area contributed by atoms with Crippen molar-refractivity contribution in [3.8, 4) is 11.5 Å². The minimum absolute atomic E-state index is 0. The van der Waals surface area contributed by atoms with E-state index in [2.05, 4.69) is 64.1 Å². The number of carboxylic acid groups (broad SMARTS) is 1. The molecule has 0 radical (unpaired) electrons. The Morgan fingerprint density at radius 1 is 0.648 bits per heavy atom. The van der Waals surface area contributed by atoms with Crippen molar-refractivity contribution < 1.29 is 42.4 Å². The molecule has 3 aliphatic rings. The van der Waals surface area contributed by atoms with Gasteiger partial charge in [-0.05, 0) is 106 Å². The maximum absolute atomic E-state index is 15.3. The molecule has 0 saturated heterocycles. The molecule has 2 fully saturated rings. The van der Waals surface area contributed by atoms with E-state index >= 15 is 4.57 Å². The molecule has 0 aromatic heterocycles. The quantitative estimate of drug-likeness (QED) is 0.0618. The number of hydrogen-bond donors (Lipinski definition) is 0. The first-order valence-electron chi connectivity index (χ1n) is 21.6. The van der Waals surface area contributed by atoms with Crippen LogP contribution in [0.4, 0.5) is 0 Å². The van der Waals surface area contributed by atoms with Crippen LogP contribution in [0, 0.1) is 13.8 Å². The summed E-state index contributed by atoms with van der Waals surface area (Å²) in [6.45, 7) is 9.23. The summed E-state index contributed by atoms with van der Waals surface area (Å²) in [6.07, 6.45) is 32.1. The second-order valence-corrected chi connectivity index (χ2v) is 19.6. The average molecular weight is 753 g/mol. The van der Waals surface area contributed by atoms with Gasteiger partial charge in [-0.15, -0.1) is 0 Å². The Hall–Kier alpha value is -1.92. The molecular weight excluding hydrogens is 682 g/mol. The van der Waals surface area contributed by atoms with Crippen molar-refractivity contribution >= 4 is 13.6 Å². The topological polar surface area (TPSA) is 75.7 Å². The van der Waals surface area contributed by atoms with E-state index in [1.807, 2.05) is 0 Å². The molecule has 0 atom stereocenters. The third-order valence-electron chi connectivity index (χ3n) is 12.6. The van der Waals surface area contributed by atoms with E-state index < -0.39 is 13.6 Å². The molecule has 0 N–H and O–H groups in total. The molecule has 0 unspecified atom stereocenters. The predicted octanol–water partition coefficient (Wildman–Crippen LogP) is 10.1. The fourth-order valence-electron chi connectivity index (χ4n) is 9.44. The second kappa shape index (κ2) is 21.6. The summed E-state index contributed by atoms with van der Waals surface area (Å²) in [4.78, 5) is 10.5. The van der Waals surface area contributed by atoms with E-state index in [4.69, 9.17) is 9.05 Å². The summed E-state index contributed by atoms with van der Waals surface area (Å²) in [5, 5.41) is 10.5. The SMILES string of the molecule is Cc1cc2c(c(C3(C)CCCCC3)c1)OP(=O)(CCCCCCCC/C=C\CCCCCCCC(=O)[O-])Oc1c(cc(C)cc1C1(C)CCCCC1)C2.[Li+]. The van der Waals surface area contributed by atoms with Gasteiger partial charge in [-0.3, -0.25) is 0 Å². The molecule has 1 aliphatic heterocycles. The molecule has 7 heteroatoms. The molecule has 0 amide bonds. The van der Waals surface area contributed by atoms with E-state index in [0.717, 1.165) is 95.0 Å². The van der Waals surface area contributed by atoms with Gasteiger partial charge in [0, 0.05) is 23.5 Å².